The molecule has 5 rings (SSSR count). The minimum absolute atomic E-state index is 0.0151. The second-order valence-corrected chi connectivity index (χ2v) is 12.5. The molecule has 4 aliphatic rings. The highest BCUT2D eigenvalue weighted by Crippen LogP contribution is 2.66. The SMILES string of the molecule is C[C@]12CCC(=O)C=C1CC[C@@H]1[C@H]2C(=O)C[C@@]2(C)[C@@H]1CC[C@]2(O)C(=O)COC(=O)CCC(=O)NCc1ccccn1. The molecular weight excluding hydrogens is 512 g/mol. The van der Waals surface area contributed by atoms with Gasteiger partial charge in [0.25, 0.3) is 0 Å². The summed E-state index contributed by atoms with van der Waals surface area (Å²) in [4.78, 5) is 67.7. The molecule has 3 fully saturated rings. The molecule has 0 radical (unpaired) electrons. The topological polar surface area (TPSA) is 140 Å². The first kappa shape index (κ1) is 28.3. The lowest BCUT2D eigenvalue weighted by Gasteiger charge is -2.57. The van der Waals surface area contributed by atoms with Crippen molar-refractivity contribution in [1.82, 2.24) is 10.3 Å². The van der Waals surface area contributed by atoms with Crippen LogP contribution in [0.2, 0.25) is 0 Å². The summed E-state index contributed by atoms with van der Waals surface area (Å²) in [6, 6.07) is 5.37. The Morgan fingerprint density at radius 1 is 1.10 bits per heavy atom. The van der Waals surface area contributed by atoms with E-state index in [0.29, 0.717) is 25.0 Å². The van der Waals surface area contributed by atoms with Gasteiger partial charge < -0.3 is 15.2 Å². The zero-order chi connectivity index (χ0) is 28.7. The van der Waals surface area contributed by atoms with Crippen molar-refractivity contribution in [2.24, 2.45) is 28.6 Å². The number of aliphatic hydroxyl groups is 1. The lowest BCUT2D eigenvalue weighted by Crippen LogP contribution is -2.61. The van der Waals surface area contributed by atoms with Crippen molar-refractivity contribution in [3.8, 4) is 0 Å². The standard InChI is InChI=1S/C31H38N2O7/c1-29-12-10-21(34)15-19(29)6-7-22-23-11-13-31(39,30(23,2)16-24(35)28(22)29)25(36)18-40-27(38)9-8-26(37)33-17-20-5-3-4-14-32-20/h3-5,14-15,22-23,28,39H,6-13,16-18H2,1-2H3,(H,33,37)/t22-,23+,28-,29-,30-,31-/m0/s1. The van der Waals surface area contributed by atoms with Crippen LogP contribution in [0.4, 0.5) is 0 Å². The second-order valence-electron chi connectivity index (χ2n) is 12.5. The van der Waals surface area contributed by atoms with Crippen LogP contribution in [0.15, 0.2) is 36.0 Å². The lowest BCUT2D eigenvalue weighted by molar-refractivity contribution is -0.173. The predicted molar refractivity (Wildman–Crippen MR) is 143 cm³/mol. The molecule has 9 nitrogen and oxygen atoms in total. The molecule has 0 aromatic carbocycles. The van der Waals surface area contributed by atoms with Crippen molar-refractivity contribution in [3.05, 3.63) is 41.7 Å². The molecule has 0 aliphatic heterocycles. The van der Waals surface area contributed by atoms with E-state index in [-0.39, 0.29) is 72.9 Å². The summed E-state index contributed by atoms with van der Waals surface area (Å²) < 4.78 is 5.18. The van der Waals surface area contributed by atoms with Gasteiger partial charge in [0.05, 0.1) is 18.7 Å². The van der Waals surface area contributed by atoms with E-state index in [4.69, 9.17) is 4.74 Å². The van der Waals surface area contributed by atoms with Gasteiger partial charge in [0.2, 0.25) is 11.7 Å². The van der Waals surface area contributed by atoms with Gasteiger partial charge in [-0.25, -0.2) is 0 Å². The van der Waals surface area contributed by atoms with Crippen LogP contribution in [0, 0.1) is 28.6 Å². The Bertz CT molecular complexity index is 1260. The molecule has 9 heteroatoms. The molecule has 214 valence electrons. The largest absolute Gasteiger partial charge is 0.458 e. The van der Waals surface area contributed by atoms with Gasteiger partial charge in [-0.15, -0.1) is 0 Å². The van der Waals surface area contributed by atoms with Gasteiger partial charge in [-0.3, -0.25) is 29.0 Å². The van der Waals surface area contributed by atoms with E-state index in [0.717, 1.165) is 18.4 Å². The number of ether oxygens (including phenoxy) is 1. The van der Waals surface area contributed by atoms with Crippen LogP contribution in [0.3, 0.4) is 0 Å². The number of ketones is 3. The number of fused-ring (bicyclic) bond motifs is 5. The molecular formula is C31H38N2O7. The molecule has 2 N–H and O–H groups in total. The maximum Gasteiger partial charge on any atom is 0.306 e. The number of esters is 1. The molecule has 40 heavy (non-hydrogen) atoms. The Morgan fingerprint density at radius 3 is 2.65 bits per heavy atom. The van der Waals surface area contributed by atoms with Crippen LogP contribution in [0.1, 0.15) is 77.3 Å². The lowest BCUT2D eigenvalue weighted by atomic mass is 9.46. The maximum atomic E-state index is 13.7. The van der Waals surface area contributed by atoms with Crippen LogP contribution in [-0.4, -0.2) is 51.5 Å². The smallest absolute Gasteiger partial charge is 0.306 e. The average Bonchev–Trinajstić information content (AvgIpc) is 3.20. The molecule has 1 aromatic heterocycles. The number of rotatable bonds is 8. The van der Waals surface area contributed by atoms with Gasteiger partial charge in [0, 0.05) is 36.8 Å². The van der Waals surface area contributed by atoms with Crippen molar-refractivity contribution in [3.63, 3.8) is 0 Å². The maximum absolute atomic E-state index is 13.7. The minimum Gasteiger partial charge on any atom is -0.458 e. The fourth-order valence-electron chi connectivity index (χ4n) is 8.18. The van der Waals surface area contributed by atoms with Crippen LogP contribution >= 0.6 is 0 Å². The number of nitrogens with zero attached hydrogens (tertiary/aromatic N) is 1. The number of nitrogens with one attached hydrogen (secondary N) is 1. The summed E-state index contributed by atoms with van der Waals surface area (Å²) in [5.41, 5.74) is -1.29. The highest BCUT2D eigenvalue weighted by Gasteiger charge is 2.68. The predicted octanol–water partition coefficient (Wildman–Crippen LogP) is 3.03. The number of carbonyl (C=O) groups is 5. The van der Waals surface area contributed by atoms with Crippen molar-refractivity contribution in [2.45, 2.75) is 83.8 Å². The Hall–Kier alpha value is -3.20. The van der Waals surface area contributed by atoms with Gasteiger partial charge in [0.1, 0.15) is 11.4 Å². The van der Waals surface area contributed by atoms with Crippen LogP contribution < -0.4 is 5.32 Å². The van der Waals surface area contributed by atoms with Gasteiger partial charge in [-0.05, 0) is 67.6 Å². The monoisotopic (exact) mass is 550 g/mol. The summed E-state index contributed by atoms with van der Waals surface area (Å²) in [7, 11) is 0. The summed E-state index contributed by atoms with van der Waals surface area (Å²) in [5.74, 6) is -1.64. The van der Waals surface area contributed by atoms with Gasteiger partial charge in [-0.2, -0.15) is 0 Å². The van der Waals surface area contributed by atoms with E-state index in [9.17, 15) is 29.1 Å². The summed E-state index contributed by atoms with van der Waals surface area (Å²) >= 11 is 0. The number of allylic oxidation sites excluding steroid dienone is 1. The Kier molecular flexibility index (Phi) is 7.54. The van der Waals surface area contributed by atoms with E-state index in [2.05, 4.69) is 17.2 Å². The zero-order valence-electron chi connectivity index (χ0n) is 23.2. The van der Waals surface area contributed by atoms with Gasteiger partial charge in [-0.1, -0.05) is 25.5 Å². The van der Waals surface area contributed by atoms with Crippen LogP contribution in [0.25, 0.3) is 0 Å². The van der Waals surface area contributed by atoms with Crippen molar-refractivity contribution in [1.29, 1.82) is 0 Å². The quantitative estimate of drug-likeness (QED) is 0.471. The number of hydrogen-bond donors (Lipinski definition) is 2. The molecule has 0 saturated heterocycles. The number of aromatic nitrogens is 1. The average molecular weight is 551 g/mol. The normalized spacial score (nSPS) is 34.7. The molecule has 0 bridgehead atoms. The third kappa shape index (κ3) is 4.82. The summed E-state index contributed by atoms with van der Waals surface area (Å²) in [6.07, 6.45) is 6.61. The molecule has 1 heterocycles. The number of hydrogen-bond acceptors (Lipinski definition) is 8. The third-order valence-electron chi connectivity index (χ3n) is 10.4. The fraction of sp³-hybridized carbons (Fsp3) is 0.613. The molecule has 0 spiro atoms. The Labute approximate surface area is 234 Å². The number of Topliss-reactive ketones (excluding diaryl/α,β-unsaturated/α-hetero) is 2. The van der Waals surface area contributed by atoms with Crippen molar-refractivity contribution in [2.75, 3.05) is 6.61 Å². The third-order valence-corrected chi connectivity index (χ3v) is 10.4. The van der Waals surface area contributed by atoms with E-state index in [1.165, 1.54) is 0 Å². The van der Waals surface area contributed by atoms with E-state index in [1.807, 2.05) is 13.0 Å². The first-order chi connectivity index (χ1) is 19.0. The Balaban J connectivity index is 1.18. The van der Waals surface area contributed by atoms with Crippen molar-refractivity contribution < 1.29 is 33.8 Å². The van der Waals surface area contributed by atoms with E-state index < -0.39 is 29.4 Å². The van der Waals surface area contributed by atoms with Crippen LogP contribution in [-0.2, 0) is 35.3 Å². The molecule has 1 aromatic rings. The molecule has 6 atom stereocenters. The number of amides is 1. The summed E-state index contributed by atoms with van der Waals surface area (Å²) in [6.45, 7) is 3.59. The van der Waals surface area contributed by atoms with E-state index >= 15 is 0 Å². The minimum atomic E-state index is -1.77. The summed E-state index contributed by atoms with van der Waals surface area (Å²) in [5, 5.41) is 14.4. The number of carbonyl (C=O) groups excluding carboxylic acids is 5. The van der Waals surface area contributed by atoms with Gasteiger partial charge in [0.15, 0.2) is 12.4 Å². The van der Waals surface area contributed by atoms with E-state index in [1.54, 1.807) is 24.4 Å². The molecule has 4 aliphatic carbocycles. The van der Waals surface area contributed by atoms with Crippen LogP contribution in [0.5, 0.6) is 0 Å². The molecule has 1 amide bonds. The number of pyridine rings is 1. The van der Waals surface area contributed by atoms with Gasteiger partial charge >= 0.3 is 5.97 Å². The zero-order valence-corrected chi connectivity index (χ0v) is 23.2. The fourth-order valence-corrected chi connectivity index (χ4v) is 8.18. The van der Waals surface area contributed by atoms with Crippen molar-refractivity contribution >= 4 is 29.2 Å². The first-order valence-corrected chi connectivity index (χ1v) is 14.3. The molecule has 0 unspecified atom stereocenters. The first-order valence-electron chi connectivity index (χ1n) is 14.3. The Morgan fingerprint density at radius 2 is 1.90 bits per heavy atom. The highest BCUT2D eigenvalue weighted by molar-refractivity contribution is 5.95. The second kappa shape index (κ2) is 10.7. The highest BCUT2D eigenvalue weighted by atomic mass is 16.5. The molecule has 3 saturated carbocycles.